The first-order valence-electron chi connectivity index (χ1n) is 5.50. The van der Waals surface area contributed by atoms with Crippen LogP contribution >= 0.6 is 0 Å². The first-order valence-corrected chi connectivity index (χ1v) is 5.50. The maximum atomic E-state index is 11.4. The van der Waals surface area contributed by atoms with Gasteiger partial charge >= 0.3 is 5.97 Å². The molecule has 0 aromatic heterocycles. The van der Waals surface area contributed by atoms with E-state index in [0.29, 0.717) is 5.56 Å². The molecule has 0 aliphatic carbocycles. The van der Waals surface area contributed by atoms with Gasteiger partial charge in [-0.15, -0.1) is 0 Å². The molecule has 0 amide bonds. The molecule has 0 fully saturated rings. The zero-order valence-corrected chi connectivity index (χ0v) is 10.3. The Labute approximate surface area is 105 Å². The molecule has 0 heterocycles. The Morgan fingerprint density at radius 2 is 2.11 bits per heavy atom. The summed E-state index contributed by atoms with van der Waals surface area (Å²) in [6.07, 6.45) is 0.184. The van der Waals surface area contributed by atoms with Crippen LogP contribution in [0.15, 0.2) is 12.1 Å². The number of phenolic OH excluding ortho intramolecular Hbond substituents is 2. The fraction of sp³-hybridized carbons (Fsp3) is 0.417. The number of esters is 1. The predicted molar refractivity (Wildman–Crippen MR) is 64.6 cm³/mol. The Kier molecular flexibility index (Phi) is 4.79. The van der Waals surface area contributed by atoms with Gasteiger partial charge in [0.2, 0.25) is 5.75 Å². The second kappa shape index (κ2) is 6.11. The number of nitrogens with two attached hydrogens (primary N) is 1. The van der Waals surface area contributed by atoms with Crippen LogP contribution in [0.2, 0.25) is 0 Å². The van der Waals surface area contributed by atoms with Gasteiger partial charge < -0.3 is 25.4 Å². The van der Waals surface area contributed by atoms with Gasteiger partial charge in [0, 0.05) is 0 Å². The predicted octanol–water partition coefficient (Wildman–Crippen LogP) is 0.539. The van der Waals surface area contributed by atoms with Crippen LogP contribution in [0.25, 0.3) is 0 Å². The average molecular weight is 255 g/mol. The largest absolute Gasteiger partial charge is 0.504 e. The van der Waals surface area contributed by atoms with E-state index in [1.165, 1.54) is 19.2 Å². The van der Waals surface area contributed by atoms with Crippen LogP contribution < -0.4 is 10.5 Å². The van der Waals surface area contributed by atoms with E-state index >= 15 is 0 Å². The van der Waals surface area contributed by atoms with E-state index < -0.39 is 12.0 Å². The molecule has 100 valence electrons. The van der Waals surface area contributed by atoms with Crippen LogP contribution in [0.5, 0.6) is 17.2 Å². The number of aromatic hydroxyl groups is 2. The number of phenols is 2. The number of ether oxygens (including phenoxy) is 2. The summed E-state index contributed by atoms with van der Waals surface area (Å²) in [4.78, 5) is 11.4. The molecule has 0 aliphatic heterocycles. The van der Waals surface area contributed by atoms with Crippen molar-refractivity contribution in [2.75, 3.05) is 13.7 Å². The number of methoxy groups -OCH3 is 1. The van der Waals surface area contributed by atoms with Crippen LogP contribution in [0.3, 0.4) is 0 Å². The molecule has 1 atom stereocenters. The number of hydrogen-bond donors (Lipinski definition) is 3. The fourth-order valence-electron chi connectivity index (χ4n) is 1.51. The summed E-state index contributed by atoms with van der Waals surface area (Å²) < 4.78 is 9.67. The minimum absolute atomic E-state index is 0.126. The summed E-state index contributed by atoms with van der Waals surface area (Å²) in [7, 11) is 1.36. The summed E-state index contributed by atoms with van der Waals surface area (Å²) >= 11 is 0. The topological polar surface area (TPSA) is 102 Å². The van der Waals surface area contributed by atoms with Crippen molar-refractivity contribution in [1.29, 1.82) is 0 Å². The number of rotatable bonds is 5. The van der Waals surface area contributed by atoms with E-state index in [1.54, 1.807) is 6.92 Å². The Balaban J connectivity index is 2.85. The number of carbonyl (C=O) groups is 1. The molecule has 0 saturated heterocycles. The molecule has 4 N–H and O–H groups in total. The van der Waals surface area contributed by atoms with E-state index in [9.17, 15) is 15.0 Å². The lowest BCUT2D eigenvalue weighted by molar-refractivity contribution is -0.144. The lowest BCUT2D eigenvalue weighted by Gasteiger charge is -2.12. The van der Waals surface area contributed by atoms with Gasteiger partial charge in [-0.1, -0.05) is 0 Å². The van der Waals surface area contributed by atoms with Crippen LogP contribution in [0, 0.1) is 0 Å². The van der Waals surface area contributed by atoms with Crippen molar-refractivity contribution in [1.82, 2.24) is 0 Å². The second-order valence-electron chi connectivity index (χ2n) is 3.73. The van der Waals surface area contributed by atoms with Crippen molar-refractivity contribution in [3.63, 3.8) is 0 Å². The van der Waals surface area contributed by atoms with Gasteiger partial charge in [0.05, 0.1) is 13.7 Å². The van der Waals surface area contributed by atoms with Crippen LogP contribution in [-0.4, -0.2) is 35.9 Å². The highest BCUT2D eigenvalue weighted by Crippen LogP contribution is 2.36. The molecule has 0 bridgehead atoms. The fourth-order valence-corrected chi connectivity index (χ4v) is 1.51. The molecule has 6 nitrogen and oxygen atoms in total. The molecule has 0 saturated carbocycles. The Morgan fingerprint density at radius 1 is 1.44 bits per heavy atom. The molecule has 6 heteroatoms. The van der Waals surface area contributed by atoms with Crippen molar-refractivity contribution in [3.05, 3.63) is 17.7 Å². The highest BCUT2D eigenvalue weighted by molar-refractivity contribution is 5.76. The van der Waals surface area contributed by atoms with Gasteiger partial charge in [-0.2, -0.15) is 0 Å². The van der Waals surface area contributed by atoms with E-state index in [4.69, 9.17) is 15.2 Å². The van der Waals surface area contributed by atoms with Crippen molar-refractivity contribution < 1.29 is 24.5 Å². The monoisotopic (exact) mass is 255 g/mol. The molecule has 1 aromatic carbocycles. The number of carbonyl (C=O) groups excluding carboxylic acids is 1. The molecule has 0 aliphatic rings. The SMILES string of the molecule is CCOC(=O)C(N)Cc1cc(O)c(O)c(OC)c1. The normalized spacial score (nSPS) is 11.9. The number of hydrogen-bond acceptors (Lipinski definition) is 6. The van der Waals surface area contributed by atoms with Gasteiger partial charge in [-0.05, 0) is 31.0 Å². The Hall–Kier alpha value is -1.95. The quantitative estimate of drug-likeness (QED) is 0.524. The molecule has 1 aromatic rings. The minimum atomic E-state index is -0.821. The molecular weight excluding hydrogens is 238 g/mol. The third-order valence-electron chi connectivity index (χ3n) is 2.38. The van der Waals surface area contributed by atoms with E-state index in [1.807, 2.05) is 0 Å². The van der Waals surface area contributed by atoms with Gasteiger partial charge in [-0.3, -0.25) is 4.79 Å². The molecular formula is C12H17NO5. The van der Waals surface area contributed by atoms with E-state index in [-0.39, 0.29) is 30.3 Å². The maximum Gasteiger partial charge on any atom is 0.323 e. The highest BCUT2D eigenvalue weighted by atomic mass is 16.5. The van der Waals surface area contributed by atoms with Crippen LogP contribution in [0.4, 0.5) is 0 Å². The van der Waals surface area contributed by atoms with Gasteiger partial charge in [0.1, 0.15) is 6.04 Å². The van der Waals surface area contributed by atoms with Crippen LogP contribution in [-0.2, 0) is 16.0 Å². The van der Waals surface area contributed by atoms with Crippen molar-refractivity contribution in [3.8, 4) is 17.2 Å². The Bertz CT molecular complexity index is 433. The average Bonchev–Trinajstić information content (AvgIpc) is 2.33. The van der Waals surface area contributed by atoms with E-state index in [0.717, 1.165) is 0 Å². The summed E-state index contributed by atoms with van der Waals surface area (Å²) in [6.45, 7) is 1.96. The minimum Gasteiger partial charge on any atom is -0.504 e. The third-order valence-corrected chi connectivity index (χ3v) is 2.38. The summed E-state index contributed by atoms with van der Waals surface area (Å²) in [5.74, 6) is -1.04. The second-order valence-corrected chi connectivity index (χ2v) is 3.73. The summed E-state index contributed by atoms with van der Waals surface area (Å²) in [5, 5.41) is 18.9. The zero-order chi connectivity index (χ0) is 13.7. The van der Waals surface area contributed by atoms with Gasteiger partial charge in [0.25, 0.3) is 0 Å². The lowest BCUT2D eigenvalue weighted by atomic mass is 10.1. The first-order chi connectivity index (χ1) is 8.49. The number of benzene rings is 1. The zero-order valence-electron chi connectivity index (χ0n) is 10.3. The Morgan fingerprint density at radius 3 is 2.67 bits per heavy atom. The summed E-state index contributed by atoms with van der Waals surface area (Å²) in [6, 6.07) is 2.02. The summed E-state index contributed by atoms with van der Waals surface area (Å²) in [5.41, 5.74) is 6.23. The molecule has 1 rings (SSSR count). The van der Waals surface area contributed by atoms with E-state index in [2.05, 4.69) is 0 Å². The third kappa shape index (κ3) is 3.27. The van der Waals surface area contributed by atoms with Gasteiger partial charge in [0.15, 0.2) is 11.5 Å². The van der Waals surface area contributed by atoms with Crippen molar-refractivity contribution >= 4 is 5.97 Å². The van der Waals surface area contributed by atoms with Crippen LogP contribution in [0.1, 0.15) is 12.5 Å². The lowest BCUT2D eigenvalue weighted by Crippen LogP contribution is -2.34. The van der Waals surface area contributed by atoms with Crippen molar-refractivity contribution in [2.24, 2.45) is 5.73 Å². The first kappa shape index (κ1) is 14.1. The highest BCUT2D eigenvalue weighted by Gasteiger charge is 2.17. The smallest absolute Gasteiger partial charge is 0.323 e. The standard InChI is InChI=1S/C12H17NO5/c1-3-18-12(16)8(13)4-7-5-9(14)11(15)10(6-7)17-2/h5-6,8,14-15H,3-4,13H2,1-2H3. The van der Waals surface area contributed by atoms with Gasteiger partial charge in [-0.25, -0.2) is 0 Å². The van der Waals surface area contributed by atoms with Crippen molar-refractivity contribution in [2.45, 2.75) is 19.4 Å². The maximum absolute atomic E-state index is 11.4. The molecule has 0 radical (unpaired) electrons. The molecule has 18 heavy (non-hydrogen) atoms. The molecule has 0 spiro atoms. The molecule has 1 unspecified atom stereocenters.